The SMILES string of the molecule is CN(C)C(=NCc1ccccc1)NCCc1cc(F)ccc1F. The third-order valence-electron chi connectivity index (χ3n) is 3.36. The molecule has 3 nitrogen and oxygen atoms in total. The number of benzene rings is 2. The Bertz CT molecular complexity index is 655. The van der Waals surface area contributed by atoms with E-state index in [4.69, 9.17) is 0 Å². The van der Waals surface area contributed by atoms with Gasteiger partial charge in [-0.25, -0.2) is 13.8 Å². The quantitative estimate of drug-likeness (QED) is 0.677. The number of halogens is 2. The van der Waals surface area contributed by atoms with Gasteiger partial charge in [0.1, 0.15) is 11.6 Å². The van der Waals surface area contributed by atoms with Gasteiger partial charge in [0.05, 0.1) is 6.54 Å². The number of nitrogens with one attached hydrogen (secondary N) is 1. The Kier molecular flexibility index (Phi) is 6.09. The Balaban J connectivity index is 1.93. The van der Waals surface area contributed by atoms with Crippen molar-refractivity contribution in [1.29, 1.82) is 0 Å². The van der Waals surface area contributed by atoms with Gasteiger partial charge in [-0.3, -0.25) is 0 Å². The molecule has 0 aliphatic heterocycles. The molecule has 0 unspecified atom stereocenters. The van der Waals surface area contributed by atoms with Crippen LogP contribution in [0.3, 0.4) is 0 Å². The Labute approximate surface area is 135 Å². The molecule has 0 bridgehead atoms. The third-order valence-corrected chi connectivity index (χ3v) is 3.36. The molecule has 0 atom stereocenters. The maximum atomic E-state index is 13.6. The van der Waals surface area contributed by atoms with Crippen molar-refractivity contribution in [3.63, 3.8) is 0 Å². The van der Waals surface area contributed by atoms with E-state index >= 15 is 0 Å². The van der Waals surface area contributed by atoms with Crippen LogP contribution in [0.1, 0.15) is 11.1 Å². The molecule has 0 fully saturated rings. The Morgan fingerprint density at radius 3 is 2.52 bits per heavy atom. The first-order valence-corrected chi connectivity index (χ1v) is 7.50. The van der Waals surface area contributed by atoms with Gasteiger partial charge in [0, 0.05) is 20.6 Å². The van der Waals surface area contributed by atoms with Crippen molar-refractivity contribution in [3.8, 4) is 0 Å². The van der Waals surface area contributed by atoms with Gasteiger partial charge in [-0.15, -0.1) is 0 Å². The van der Waals surface area contributed by atoms with Crippen LogP contribution < -0.4 is 5.32 Å². The summed E-state index contributed by atoms with van der Waals surface area (Å²) in [6.07, 6.45) is 0.391. The molecule has 0 aromatic heterocycles. The summed E-state index contributed by atoms with van der Waals surface area (Å²) < 4.78 is 26.7. The predicted octanol–water partition coefficient (Wildman–Crippen LogP) is 3.21. The smallest absolute Gasteiger partial charge is 0.193 e. The van der Waals surface area contributed by atoms with E-state index in [9.17, 15) is 8.78 Å². The fraction of sp³-hybridized carbons (Fsp3) is 0.278. The molecule has 2 aromatic carbocycles. The summed E-state index contributed by atoms with van der Waals surface area (Å²) in [6.45, 7) is 1.04. The van der Waals surface area contributed by atoms with Crippen molar-refractivity contribution in [2.75, 3.05) is 20.6 Å². The zero-order valence-corrected chi connectivity index (χ0v) is 13.4. The average molecular weight is 317 g/mol. The van der Waals surface area contributed by atoms with Gasteiger partial charge in [0.15, 0.2) is 5.96 Å². The summed E-state index contributed by atoms with van der Waals surface area (Å²) in [7, 11) is 3.78. The molecule has 2 rings (SSSR count). The van der Waals surface area contributed by atoms with Gasteiger partial charge < -0.3 is 10.2 Å². The van der Waals surface area contributed by atoms with Gasteiger partial charge in [-0.2, -0.15) is 0 Å². The van der Waals surface area contributed by atoms with Crippen molar-refractivity contribution in [1.82, 2.24) is 10.2 Å². The van der Waals surface area contributed by atoms with Crippen LogP contribution in [-0.4, -0.2) is 31.5 Å². The van der Waals surface area contributed by atoms with Crippen LogP contribution >= 0.6 is 0 Å². The van der Waals surface area contributed by atoms with Crippen molar-refractivity contribution < 1.29 is 8.78 Å². The summed E-state index contributed by atoms with van der Waals surface area (Å²) in [6, 6.07) is 13.4. The fourth-order valence-electron chi connectivity index (χ4n) is 2.15. The molecule has 0 heterocycles. The first-order chi connectivity index (χ1) is 11.1. The molecule has 5 heteroatoms. The van der Waals surface area contributed by atoms with E-state index in [1.807, 2.05) is 49.3 Å². The zero-order valence-electron chi connectivity index (χ0n) is 13.4. The fourth-order valence-corrected chi connectivity index (χ4v) is 2.15. The zero-order chi connectivity index (χ0) is 16.7. The maximum absolute atomic E-state index is 13.6. The van der Waals surface area contributed by atoms with Crippen molar-refractivity contribution >= 4 is 5.96 Å². The molecule has 0 saturated heterocycles. The lowest BCUT2D eigenvalue weighted by Gasteiger charge is -2.18. The number of rotatable bonds is 5. The standard InChI is InChI=1S/C18H21F2N3/c1-23(2)18(22-13-14-6-4-3-5-7-14)21-11-10-15-12-16(19)8-9-17(15)20/h3-9,12H,10-11,13H2,1-2H3,(H,21,22). The number of nitrogens with zero attached hydrogens (tertiary/aromatic N) is 2. The summed E-state index contributed by atoms with van der Waals surface area (Å²) in [5, 5.41) is 3.17. The van der Waals surface area contributed by atoms with Crippen LogP contribution in [-0.2, 0) is 13.0 Å². The molecule has 1 N–H and O–H groups in total. The van der Waals surface area contributed by atoms with E-state index < -0.39 is 5.82 Å². The van der Waals surface area contributed by atoms with E-state index in [1.54, 1.807) is 0 Å². The van der Waals surface area contributed by atoms with Crippen LogP contribution in [0.5, 0.6) is 0 Å². The van der Waals surface area contributed by atoms with Gasteiger partial charge in [0.2, 0.25) is 0 Å². The Morgan fingerprint density at radius 2 is 1.83 bits per heavy atom. The van der Waals surface area contributed by atoms with E-state index in [0.29, 0.717) is 31.0 Å². The maximum Gasteiger partial charge on any atom is 0.193 e. The molecule has 2 aromatic rings. The number of hydrogen-bond donors (Lipinski definition) is 1. The highest BCUT2D eigenvalue weighted by Crippen LogP contribution is 2.09. The molecule has 0 aliphatic rings. The number of aliphatic imine (C=N–C) groups is 1. The number of guanidine groups is 1. The second-order valence-corrected chi connectivity index (χ2v) is 5.43. The van der Waals surface area contributed by atoms with E-state index in [1.165, 1.54) is 6.07 Å². The highest BCUT2D eigenvalue weighted by molar-refractivity contribution is 5.79. The monoisotopic (exact) mass is 317 g/mol. The minimum absolute atomic E-state index is 0.360. The number of hydrogen-bond acceptors (Lipinski definition) is 1. The molecule has 122 valence electrons. The molecular weight excluding hydrogens is 296 g/mol. The first-order valence-electron chi connectivity index (χ1n) is 7.50. The van der Waals surface area contributed by atoms with Gasteiger partial charge in [-0.1, -0.05) is 30.3 Å². The molecule has 23 heavy (non-hydrogen) atoms. The lowest BCUT2D eigenvalue weighted by atomic mass is 10.1. The third kappa shape index (κ3) is 5.36. The molecule has 0 amide bonds. The summed E-state index contributed by atoms with van der Waals surface area (Å²) in [4.78, 5) is 6.39. The summed E-state index contributed by atoms with van der Waals surface area (Å²) in [5.41, 5.74) is 1.48. The lowest BCUT2D eigenvalue weighted by molar-refractivity contribution is 0.567. The topological polar surface area (TPSA) is 27.6 Å². The minimum Gasteiger partial charge on any atom is -0.356 e. The molecular formula is C18H21F2N3. The normalized spacial score (nSPS) is 11.4. The molecule has 0 saturated carbocycles. The minimum atomic E-state index is -0.424. The van der Waals surface area contributed by atoms with Crippen LogP contribution in [0.4, 0.5) is 8.78 Å². The van der Waals surface area contributed by atoms with Crippen LogP contribution in [0, 0.1) is 11.6 Å². The Morgan fingerprint density at radius 1 is 1.09 bits per heavy atom. The van der Waals surface area contributed by atoms with E-state index in [-0.39, 0.29) is 5.82 Å². The predicted molar refractivity (Wildman–Crippen MR) is 89.3 cm³/mol. The second kappa shape index (κ2) is 8.27. The average Bonchev–Trinajstić information content (AvgIpc) is 2.54. The van der Waals surface area contributed by atoms with Crippen LogP contribution in [0.15, 0.2) is 53.5 Å². The lowest BCUT2D eigenvalue weighted by Crippen LogP contribution is -2.37. The van der Waals surface area contributed by atoms with Crippen molar-refractivity contribution in [3.05, 3.63) is 71.3 Å². The van der Waals surface area contributed by atoms with Gasteiger partial charge in [-0.05, 0) is 35.7 Å². The first kappa shape index (κ1) is 16.9. The largest absolute Gasteiger partial charge is 0.356 e. The van der Waals surface area contributed by atoms with Gasteiger partial charge >= 0.3 is 0 Å². The Hall–Kier alpha value is -2.43. The van der Waals surface area contributed by atoms with Crippen LogP contribution in [0.2, 0.25) is 0 Å². The van der Waals surface area contributed by atoms with Crippen molar-refractivity contribution in [2.45, 2.75) is 13.0 Å². The second-order valence-electron chi connectivity index (χ2n) is 5.43. The van der Waals surface area contributed by atoms with Gasteiger partial charge in [0.25, 0.3) is 0 Å². The molecule has 0 aliphatic carbocycles. The molecule has 0 spiro atoms. The van der Waals surface area contributed by atoms with E-state index in [2.05, 4.69) is 10.3 Å². The summed E-state index contributed by atoms with van der Waals surface area (Å²) >= 11 is 0. The summed E-state index contributed by atoms with van der Waals surface area (Å²) in [5.74, 6) is -0.0986. The molecule has 0 radical (unpaired) electrons. The van der Waals surface area contributed by atoms with Crippen molar-refractivity contribution in [2.24, 2.45) is 4.99 Å². The highest BCUT2D eigenvalue weighted by atomic mass is 19.1. The van der Waals surface area contributed by atoms with Crippen LogP contribution in [0.25, 0.3) is 0 Å². The highest BCUT2D eigenvalue weighted by Gasteiger charge is 2.06. The van der Waals surface area contributed by atoms with E-state index in [0.717, 1.165) is 17.7 Å².